The quantitative estimate of drug-likeness (QED) is 0.662. The van der Waals surface area contributed by atoms with Crippen LogP contribution in [-0.4, -0.2) is 11.5 Å². The van der Waals surface area contributed by atoms with Crippen LogP contribution in [-0.2, 0) is 4.74 Å². The van der Waals surface area contributed by atoms with Crippen molar-refractivity contribution in [3.8, 4) is 0 Å². The van der Waals surface area contributed by atoms with Gasteiger partial charge in [-0.2, -0.15) is 0 Å². The van der Waals surface area contributed by atoms with Gasteiger partial charge in [0.05, 0.1) is 0 Å². The lowest BCUT2D eigenvalue weighted by molar-refractivity contribution is -0.0247. The first kappa shape index (κ1) is 16.8. The monoisotopic (exact) mass is 262 g/mol. The highest BCUT2D eigenvalue weighted by atomic mass is 35.5. The van der Waals surface area contributed by atoms with E-state index in [0.29, 0.717) is 0 Å². The predicted molar refractivity (Wildman–Crippen MR) is 73.4 cm³/mol. The third-order valence-corrected chi connectivity index (χ3v) is 4.04. The molecular weight excluding hydrogens is 236 g/mol. The van der Waals surface area contributed by atoms with Gasteiger partial charge in [-0.05, 0) is 22.7 Å². The highest BCUT2D eigenvalue weighted by Gasteiger charge is 2.39. The van der Waals surface area contributed by atoms with Crippen LogP contribution in [0.3, 0.4) is 0 Å². The van der Waals surface area contributed by atoms with Crippen LogP contribution < -0.4 is 0 Å². The number of hydrogen-bond acceptors (Lipinski definition) is 2. The average molecular weight is 263 g/mol. The second-order valence-electron chi connectivity index (χ2n) is 7.13. The van der Waals surface area contributed by atoms with Gasteiger partial charge >= 0.3 is 5.43 Å². The van der Waals surface area contributed by atoms with Crippen LogP contribution in [0.4, 0.5) is 4.79 Å². The maximum atomic E-state index is 11.1. The third kappa shape index (κ3) is 5.29. The van der Waals surface area contributed by atoms with Crippen molar-refractivity contribution in [1.29, 1.82) is 0 Å². The van der Waals surface area contributed by atoms with Crippen LogP contribution in [0.5, 0.6) is 0 Å². The fraction of sp³-hybridized carbons (Fsp3) is 0.929. The maximum absolute atomic E-state index is 11.1. The molecule has 0 aromatic carbocycles. The number of halogens is 1. The molecule has 0 aromatic heterocycles. The summed E-state index contributed by atoms with van der Waals surface area (Å²) >= 11 is 5.40. The van der Waals surface area contributed by atoms with Gasteiger partial charge in [0.2, 0.25) is 0 Å². The Hall–Kier alpha value is -0.240. The fourth-order valence-electron chi connectivity index (χ4n) is 1.73. The van der Waals surface area contributed by atoms with Gasteiger partial charge in [0, 0.05) is 11.6 Å². The molecule has 0 aliphatic carbocycles. The van der Waals surface area contributed by atoms with Gasteiger partial charge in [-0.25, -0.2) is 4.79 Å². The zero-order valence-electron chi connectivity index (χ0n) is 12.4. The molecule has 0 N–H and O–H groups in total. The first-order chi connectivity index (χ1) is 7.37. The smallest absolute Gasteiger partial charge is 0.404 e. The molecule has 3 heteroatoms. The van der Waals surface area contributed by atoms with E-state index < -0.39 is 5.43 Å². The first-order valence-electron chi connectivity index (χ1n) is 6.23. The van der Waals surface area contributed by atoms with Crippen molar-refractivity contribution in [1.82, 2.24) is 0 Å². The summed E-state index contributed by atoms with van der Waals surface area (Å²) in [6.45, 7) is 17.2. The van der Waals surface area contributed by atoms with Crippen molar-refractivity contribution < 1.29 is 9.53 Å². The Labute approximate surface area is 111 Å². The molecule has 0 aromatic rings. The van der Waals surface area contributed by atoms with Crippen molar-refractivity contribution in [2.75, 3.05) is 0 Å². The summed E-state index contributed by atoms with van der Waals surface area (Å²) < 4.78 is 5.35. The Morgan fingerprint density at radius 3 is 1.41 bits per heavy atom. The Morgan fingerprint density at radius 2 is 1.24 bits per heavy atom. The number of carbonyl (C=O) groups is 1. The molecule has 0 fully saturated rings. The van der Waals surface area contributed by atoms with Crippen molar-refractivity contribution in [3.05, 3.63) is 0 Å². The standard InChI is InChI=1S/C14H27ClO2/c1-9(13(3,4)5)11(17-12(15)16)10(2)14(6,7)8/h9-11H,1-8H3/t9-,10?,11?/m1/s1. The number of hydrogen-bond donors (Lipinski definition) is 0. The molecule has 0 saturated carbocycles. The van der Waals surface area contributed by atoms with E-state index in [4.69, 9.17) is 16.3 Å². The van der Waals surface area contributed by atoms with E-state index in [9.17, 15) is 4.79 Å². The molecule has 0 rings (SSSR count). The summed E-state index contributed by atoms with van der Waals surface area (Å²) in [5, 5.41) is 0. The molecule has 2 unspecified atom stereocenters. The van der Waals surface area contributed by atoms with E-state index in [2.05, 4.69) is 55.4 Å². The minimum Gasteiger partial charge on any atom is -0.450 e. The van der Waals surface area contributed by atoms with Gasteiger partial charge in [-0.1, -0.05) is 55.4 Å². The summed E-state index contributed by atoms with van der Waals surface area (Å²) in [5.41, 5.74) is -0.547. The molecule has 3 atom stereocenters. The number of ether oxygens (including phenoxy) is 1. The molecular formula is C14H27ClO2. The predicted octanol–water partition coefficient (Wildman–Crippen LogP) is 5.09. The normalized spacial score (nSPS) is 18.4. The lowest BCUT2D eigenvalue weighted by Gasteiger charge is -2.41. The van der Waals surface area contributed by atoms with Gasteiger partial charge in [0.1, 0.15) is 6.10 Å². The molecule has 0 saturated heterocycles. The third-order valence-electron chi connectivity index (χ3n) is 3.95. The minimum atomic E-state index is -0.706. The SMILES string of the molecule is CC(C(OC(=O)Cl)[C@@H](C)C(C)(C)C)C(C)(C)C. The molecule has 0 amide bonds. The van der Waals surface area contributed by atoms with Crippen molar-refractivity contribution in [2.24, 2.45) is 22.7 Å². The van der Waals surface area contributed by atoms with Gasteiger partial charge in [0.15, 0.2) is 0 Å². The molecule has 0 heterocycles. The second kappa shape index (κ2) is 5.60. The van der Waals surface area contributed by atoms with E-state index in [1.54, 1.807) is 0 Å². The highest BCUT2D eigenvalue weighted by Crippen LogP contribution is 2.39. The summed E-state index contributed by atoms with van der Waals surface area (Å²) in [5.74, 6) is 0.499. The van der Waals surface area contributed by atoms with E-state index in [1.807, 2.05) is 0 Å². The summed E-state index contributed by atoms with van der Waals surface area (Å²) in [6, 6.07) is 0. The van der Waals surface area contributed by atoms with Crippen molar-refractivity contribution in [3.63, 3.8) is 0 Å². The lowest BCUT2D eigenvalue weighted by atomic mass is 9.69. The molecule has 0 bridgehead atoms. The van der Waals surface area contributed by atoms with Crippen molar-refractivity contribution in [2.45, 2.75) is 61.5 Å². The fourth-order valence-corrected chi connectivity index (χ4v) is 1.83. The molecule has 0 radical (unpaired) electrons. The first-order valence-corrected chi connectivity index (χ1v) is 6.61. The topological polar surface area (TPSA) is 26.3 Å². The molecule has 17 heavy (non-hydrogen) atoms. The summed E-state index contributed by atoms with van der Waals surface area (Å²) in [6.07, 6.45) is -0.153. The Morgan fingerprint density at radius 1 is 0.941 bits per heavy atom. The van der Waals surface area contributed by atoms with Crippen molar-refractivity contribution >= 4 is 17.0 Å². The van der Waals surface area contributed by atoms with Crippen LogP contribution in [0.2, 0.25) is 0 Å². The summed E-state index contributed by atoms with van der Waals surface area (Å²) in [4.78, 5) is 11.1. The maximum Gasteiger partial charge on any atom is 0.404 e. The van der Waals surface area contributed by atoms with Gasteiger partial charge < -0.3 is 4.74 Å². The highest BCUT2D eigenvalue weighted by molar-refractivity contribution is 6.61. The lowest BCUT2D eigenvalue weighted by Crippen LogP contribution is -2.41. The minimum absolute atomic E-state index is 0.0799. The summed E-state index contributed by atoms with van der Waals surface area (Å²) in [7, 11) is 0. The molecule has 0 aliphatic heterocycles. The number of carbonyl (C=O) groups excluding carboxylic acids is 1. The van der Waals surface area contributed by atoms with Crippen LogP contribution in [0.15, 0.2) is 0 Å². The van der Waals surface area contributed by atoms with E-state index in [1.165, 1.54) is 0 Å². The Kier molecular flexibility index (Phi) is 5.52. The molecule has 0 spiro atoms. The van der Waals surface area contributed by atoms with Crippen LogP contribution >= 0.6 is 11.6 Å². The Bertz CT molecular complexity index is 240. The van der Waals surface area contributed by atoms with Gasteiger partial charge in [-0.15, -0.1) is 0 Å². The second-order valence-corrected chi connectivity index (χ2v) is 7.44. The zero-order valence-corrected chi connectivity index (χ0v) is 13.2. The van der Waals surface area contributed by atoms with Crippen LogP contribution in [0, 0.1) is 22.7 Å². The van der Waals surface area contributed by atoms with E-state index >= 15 is 0 Å². The van der Waals surface area contributed by atoms with Gasteiger partial charge in [0.25, 0.3) is 0 Å². The molecule has 2 nitrogen and oxygen atoms in total. The molecule has 0 aliphatic rings. The van der Waals surface area contributed by atoms with Crippen LogP contribution in [0.1, 0.15) is 55.4 Å². The average Bonchev–Trinajstić information content (AvgIpc) is 2.08. The zero-order chi connectivity index (χ0) is 14.0. The molecule has 102 valence electrons. The largest absolute Gasteiger partial charge is 0.450 e. The van der Waals surface area contributed by atoms with E-state index in [-0.39, 0.29) is 28.8 Å². The Balaban J connectivity index is 5.08. The number of rotatable bonds is 3. The van der Waals surface area contributed by atoms with E-state index in [0.717, 1.165) is 0 Å². The van der Waals surface area contributed by atoms with Crippen LogP contribution in [0.25, 0.3) is 0 Å². The van der Waals surface area contributed by atoms with Gasteiger partial charge in [-0.3, -0.25) is 0 Å².